The van der Waals surface area contributed by atoms with E-state index in [1.807, 2.05) is 32.0 Å². The van der Waals surface area contributed by atoms with Crippen LogP contribution in [0.4, 0.5) is 5.69 Å². The number of likely N-dealkylation sites (N-methyl/N-ethyl adjacent to an activating group) is 1. The van der Waals surface area contributed by atoms with Crippen LogP contribution in [0, 0.1) is 13.8 Å². The molecule has 2 amide bonds. The minimum atomic E-state index is -0.294. The molecule has 122 valence electrons. The van der Waals surface area contributed by atoms with Gasteiger partial charge in [-0.05, 0) is 31.0 Å². The van der Waals surface area contributed by atoms with Crippen LogP contribution in [-0.2, 0) is 11.3 Å². The first-order valence-electron chi connectivity index (χ1n) is 7.18. The first kappa shape index (κ1) is 17.1. The van der Waals surface area contributed by atoms with Gasteiger partial charge in [-0.15, -0.1) is 11.3 Å². The molecule has 0 unspecified atom stereocenters. The maximum atomic E-state index is 12.2. The molecule has 0 aliphatic rings. The quantitative estimate of drug-likeness (QED) is 0.875. The van der Waals surface area contributed by atoms with E-state index < -0.39 is 0 Å². The number of nitrogens with two attached hydrogens (primary N) is 1. The number of rotatable bonds is 5. The molecule has 0 atom stereocenters. The summed E-state index contributed by atoms with van der Waals surface area (Å²) in [6, 6.07) is 5.71. The topological polar surface area (TPSA) is 88.3 Å². The van der Waals surface area contributed by atoms with Crippen LogP contribution in [0.5, 0.6) is 0 Å². The molecule has 0 radical (unpaired) electrons. The lowest BCUT2D eigenvalue weighted by atomic mass is 10.1. The second kappa shape index (κ2) is 7.34. The highest BCUT2D eigenvalue weighted by Gasteiger charge is 2.18. The first-order valence-corrected chi connectivity index (χ1v) is 8.06. The van der Waals surface area contributed by atoms with Crippen LogP contribution >= 0.6 is 11.3 Å². The Morgan fingerprint density at radius 1 is 1.35 bits per heavy atom. The highest BCUT2D eigenvalue weighted by Crippen LogP contribution is 2.18. The van der Waals surface area contributed by atoms with E-state index in [1.54, 1.807) is 12.4 Å². The normalized spacial score (nSPS) is 10.4. The van der Waals surface area contributed by atoms with Gasteiger partial charge in [0.1, 0.15) is 10.7 Å². The molecule has 0 bridgehead atoms. The largest absolute Gasteiger partial charge is 0.331 e. The Balaban J connectivity index is 1.99. The van der Waals surface area contributed by atoms with Gasteiger partial charge in [0.05, 0.1) is 6.54 Å². The van der Waals surface area contributed by atoms with Crippen LogP contribution in [0.3, 0.4) is 0 Å². The van der Waals surface area contributed by atoms with Crippen molar-refractivity contribution in [2.75, 3.05) is 18.9 Å². The number of anilines is 1. The average Bonchev–Trinajstić information content (AvgIpc) is 3.00. The zero-order valence-corrected chi connectivity index (χ0v) is 14.2. The van der Waals surface area contributed by atoms with E-state index in [0.29, 0.717) is 17.2 Å². The summed E-state index contributed by atoms with van der Waals surface area (Å²) >= 11 is 1.34. The van der Waals surface area contributed by atoms with Gasteiger partial charge in [0.15, 0.2) is 0 Å². The Labute approximate surface area is 139 Å². The molecule has 6 nitrogen and oxygen atoms in total. The second-order valence-electron chi connectivity index (χ2n) is 5.29. The van der Waals surface area contributed by atoms with Crippen molar-refractivity contribution in [3.05, 3.63) is 45.4 Å². The number of amides is 2. The smallest absolute Gasteiger partial charge is 0.273 e. The van der Waals surface area contributed by atoms with Crippen molar-refractivity contribution in [3.8, 4) is 0 Å². The fourth-order valence-electron chi connectivity index (χ4n) is 2.06. The molecule has 7 heteroatoms. The number of nitrogens with zero attached hydrogens (tertiary/aromatic N) is 2. The third-order valence-corrected chi connectivity index (χ3v) is 4.42. The van der Waals surface area contributed by atoms with E-state index in [0.717, 1.165) is 16.8 Å². The summed E-state index contributed by atoms with van der Waals surface area (Å²) in [6.45, 7) is 4.19. The van der Waals surface area contributed by atoms with Crippen molar-refractivity contribution in [1.29, 1.82) is 0 Å². The predicted molar refractivity (Wildman–Crippen MR) is 91.5 cm³/mol. The minimum Gasteiger partial charge on any atom is -0.331 e. The minimum absolute atomic E-state index is 0.0400. The fraction of sp³-hybridized carbons (Fsp3) is 0.312. The van der Waals surface area contributed by atoms with Crippen molar-refractivity contribution in [1.82, 2.24) is 9.88 Å². The lowest BCUT2D eigenvalue weighted by Crippen LogP contribution is -2.35. The summed E-state index contributed by atoms with van der Waals surface area (Å²) in [5.41, 5.74) is 8.68. The van der Waals surface area contributed by atoms with Gasteiger partial charge >= 0.3 is 0 Å². The van der Waals surface area contributed by atoms with Gasteiger partial charge in [-0.25, -0.2) is 4.98 Å². The number of nitrogens with one attached hydrogen (secondary N) is 1. The van der Waals surface area contributed by atoms with Gasteiger partial charge < -0.3 is 16.0 Å². The molecule has 0 saturated heterocycles. The molecule has 1 aromatic heterocycles. The fourth-order valence-corrected chi connectivity index (χ4v) is 2.71. The van der Waals surface area contributed by atoms with Gasteiger partial charge in [-0.3, -0.25) is 9.59 Å². The maximum absolute atomic E-state index is 12.2. The summed E-state index contributed by atoms with van der Waals surface area (Å²) in [7, 11) is 1.58. The molecule has 0 aliphatic carbocycles. The van der Waals surface area contributed by atoms with E-state index in [9.17, 15) is 9.59 Å². The van der Waals surface area contributed by atoms with Crippen LogP contribution in [0.25, 0.3) is 0 Å². The third kappa shape index (κ3) is 4.14. The molecular weight excluding hydrogens is 312 g/mol. The molecule has 2 aromatic rings. The van der Waals surface area contributed by atoms with Crippen molar-refractivity contribution in [2.24, 2.45) is 5.73 Å². The molecule has 23 heavy (non-hydrogen) atoms. The van der Waals surface area contributed by atoms with Gasteiger partial charge in [0.2, 0.25) is 5.91 Å². The Morgan fingerprint density at radius 3 is 2.74 bits per heavy atom. The molecule has 1 heterocycles. The van der Waals surface area contributed by atoms with Crippen molar-refractivity contribution >= 4 is 28.8 Å². The van der Waals surface area contributed by atoms with Gasteiger partial charge in [0, 0.05) is 24.7 Å². The molecule has 0 spiro atoms. The third-order valence-electron chi connectivity index (χ3n) is 3.55. The second-order valence-corrected chi connectivity index (χ2v) is 6.23. The van der Waals surface area contributed by atoms with Crippen LogP contribution in [0.2, 0.25) is 0 Å². The lowest BCUT2D eigenvalue weighted by molar-refractivity contribution is -0.116. The van der Waals surface area contributed by atoms with E-state index in [-0.39, 0.29) is 18.4 Å². The number of carbonyl (C=O) groups excluding carboxylic acids is 2. The van der Waals surface area contributed by atoms with E-state index in [1.165, 1.54) is 16.2 Å². The monoisotopic (exact) mass is 332 g/mol. The Kier molecular flexibility index (Phi) is 5.46. The molecule has 2 rings (SSSR count). The number of aromatic nitrogens is 1. The Hall–Kier alpha value is -2.25. The number of aryl methyl sites for hydroxylation is 1. The Morgan fingerprint density at radius 2 is 2.09 bits per heavy atom. The average molecular weight is 332 g/mol. The van der Waals surface area contributed by atoms with E-state index >= 15 is 0 Å². The van der Waals surface area contributed by atoms with Gasteiger partial charge in [-0.2, -0.15) is 0 Å². The summed E-state index contributed by atoms with van der Waals surface area (Å²) in [4.78, 5) is 29.9. The SMILES string of the molecule is Cc1cccc(NC(=O)CN(C)C(=O)c2csc(CN)n2)c1C. The van der Waals surface area contributed by atoms with Crippen LogP contribution in [0.1, 0.15) is 26.6 Å². The molecular formula is C16H20N4O2S. The van der Waals surface area contributed by atoms with Gasteiger partial charge in [-0.1, -0.05) is 12.1 Å². The van der Waals surface area contributed by atoms with E-state index in [4.69, 9.17) is 5.73 Å². The van der Waals surface area contributed by atoms with Crippen molar-refractivity contribution < 1.29 is 9.59 Å². The van der Waals surface area contributed by atoms with Crippen LogP contribution < -0.4 is 11.1 Å². The first-order chi connectivity index (χ1) is 10.9. The zero-order chi connectivity index (χ0) is 17.0. The predicted octanol–water partition coefficient (Wildman–Crippen LogP) is 1.93. The molecule has 0 aliphatic heterocycles. The highest BCUT2D eigenvalue weighted by atomic mass is 32.1. The van der Waals surface area contributed by atoms with Crippen molar-refractivity contribution in [2.45, 2.75) is 20.4 Å². The molecule has 1 aromatic carbocycles. The summed E-state index contributed by atoms with van der Waals surface area (Å²) in [5.74, 6) is -0.541. The number of hydrogen-bond acceptors (Lipinski definition) is 5. The number of thiazole rings is 1. The summed E-state index contributed by atoms with van der Waals surface area (Å²) in [6.07, 6.45) is 0. The number of hydrogen-bond donors (Lipinski definition) is 2. The van der Waals surface area contributed by atoms with Crippen LogP contribution in [-0.4, -0.2) is 35.3 Å². The lowest BCUT2D eigenvalue weighted by Gasteiger charge is -2.16. The van der Waals surface area contributed by atoms with E-state index in [2.05, 4.69) is 10.3 Å². The summed E-state index contributed by atoms with van der Waals surface area (Å²) < 4.78 is 0. The standard InChI is InChI=1S/C16H20N4O2S/c1-10-5-4-6-12(11(10)2)18-14(21)8-20(3)16(22)13-9-23-15(7-17)19-13/h4-6,9H,7-8,17H2,1-3H3,(H,18,21). The van der Waals surface area contributed by atoms with Gasteiger partial charge in [0.25, 0.3) is 5.91 Å². The number of benzene rings is 1. The van der Waals surface area contributed by atoms with Crippen molar-refractivity contribution in [3.63, 3.8) is 0 Å². The zero-order valence-electron chi connectivity index (χ0n) is 13.4. The molecule has 3 N–H and O–H groups in total. The molecule has 0 saturated carbocycles. The van der Waals surface area contributed by atoms with Crippen LogP contribution in [0.15, 0.2) is 23.6 Å². The maximum Gasteiger partial charge on any atom is 0.273 e. The number of carbonyl (C=O) groups is 2. The molecule has 0 fully saturated rings. The highest BCUT2D eigenvalue weighted by molar-refractivity contribution is 7.09. The Bertz CT molecular complexity index is 727. The summed E-state index contributed by atoms with van der Waals surface area (Å²) in [5, 5.41) is 5.19.